The van der Waals surface area contributed by atoms with E-state index in [-0.39, 0.29) is 11.5 Å². The Labute approximate surface area is 123 Å². The van der Waals surface area contributed by atoms with Crippen LogP contribution in [-0.4, -0.2) is 20.1 Å². The average Bonchev–Trinajstić information content (AvgIpc) is 2.92. The number of rotatable bonds is 6. The monoisotopic (exact) mass is 311 g/mol. The molecule has 1 aromatic heterocycles. The number of aryl methyl sites for hydroxylation is 1. The van der Waals surface area contributed by atoms with Crippen molar-refractivity contribution >= 4 is 21.4 Å². The summed E-state index contributed by atoms with van der Waals surface area (Å²) in [7, 11) is -3.53. The maximum atomic E-state index is 12.3. The van der Waals surface area contributed by atoms with E-state index in [9.17, 15) is 8.42 Å². The van der Waals surface area contributed by atoms with Crippen LogP contribution in [0.3, 0.4) is 0 Å². The second-order valence-corrected chi connectivity index (χ2v) is 7.25. The van der Waals surface area contributed by atoms with Gasteiger partial charge in [-0.1, -0.05) is 18.2 Å². The lowest BCUT2D eigenvalue weighted by atomic mass is 10.2. The average molecular weight is 311 g/mol. The third kappa shape index (κ3) is 3.67. The van der Waals surface area contributed by atoms with Gasteiger partial charge in [0.2, 0.25) is 10.0 Å². The molecule has 0 saturated heterocycles. The lowest BCUT2D eigenvalue weighted by Gasteiger charge is -2.10. The van der Waals surface area contributed by atoms with Gasteiger partial charge in [-0.3, -0.25) is 0 Å². The molecule has 2 aromatic rings. The number of nitrogens with one attached hydrogen (secondary N) is 1. The number of benzene rings is 1. The van der Waals surface area contributed by atoms with Crippen molar-refractivity contribution in [3.63, 3.8) is 0 Å². The van der Waals surface area contributed by atoms with E-state index in [4.69, 9.17) is 5.11 Å². The quantitative estimate of drug-likeness (QED) is 0.858. The van der Waals surface area contributed by atoms with E-state index in [0.717, 1.165) is 4.88 Å². The Morgan fingerprint density at radius 3 is 2.75 bits per heavy atom. The van der Waals surface area contributed by atoms with Gasteiger partial charge in [-0.05, 0) is 42.0 Å². The van der Waals surface area contributed by atoms with Crippen molar-refractivity contribution in [1.82, 2.24) is 4.72 Å². The van der Waals surface area contributed by atoms with Gasteiger partial charge in [0.05, 0.1) is 11.5 Å². The predicted molar refractivity (Wildman–Crippen MR) is 80.3 cm³/mol. The lowest BCUT2D eigenvalue weighted by molar-refractivity contribution is 0.281. The molecule has 4 nitrogen and oxygen atoms in total. The summed E-state index contributed by atoms with van der Waals surface area (Å²) < 4.78 is 27.1. The molecular weight excluding hydrogens is 294 g/mol. The van der Waals surface area contributed by atoms with Gasteiger partial charge in [-0.15, -0.1) is 11.3 Å². The van der Waals surface area contributed by atoms with Crippen LogP contribution in [-0.2, 0) is 23.1 Å². The molecule has 2 N–H and O–H groups in total. The van der Waals surface area contributed by atoms with Crippen LogP contribution in [0.15, 0.2) is 40.6 Å². The summed E-state index contributed by atoms with van der Waals surface area (Å²) in [6.45, 7) is 1.94. The molecule has 20 heavy (non-hydrogen) atoms. The lowest BCUT2D eigenvalue weighted by Crippen LogP contribution is -2.26. The summed E-state index contributed by atoms with van der Waals surface area (Å²) in [5.41, 5.74) is 1.26. The molecule has 0 unspecified atom stereocenters. The van der Waals surface area contributed by atoms with Crippen molar-refractivity contribution < 1.29 is 13.5 Å². The number of aliphatic hydroxyl groups is 1. The fourth-order valence-corrected chi connectivity index (χ4v) is 3.91. The molecule has 0 fully saturated rings. The van der Waals surface area contributed by atoms with Crippen molar-refractivity contribution in [1.29, 1.82) is 0 Å². The Bertz CT molecular complexity index is 664. The van der Waals surface area contributed by atoms with E-state index in [2.05, 4.69) is 4.72 Å². The third-order valence-electron chi connectivity index (χ3n) is 2.97. The maximum Gasteiger partial charge on any atom is 0.240 e. The number of sulfonamides is 1. The first-order valence-corrected chi connectivity index (χ1v) is 8.61. The summed E-state index contributed by atoms with van der Waals surface area (Å²) >= 11 is 1.61. The summed E-state index contributed by atoms with van der Waals surface area (Å²) in [6, 6.07) is 8.88. The largest absolute Gasteiger partial charge is 0.392 e. The minimum Gasteiger partial charge on any atom is -0.392 e. The van der Waals surface area contributed by atoms with Gasteiger partial charge < -0.3 is 5.11 Å². The van der Waals surface area contributed by atoms with Gasteiger partial charge in [0.15, 0.2) is 0 Å². The molecule has 0 aliphatic heterocycles. The summed E-state index contributed by atoms with van der Waals surface area (Å²) in [6.07, 6.45) is 0.676. The van der Waals surface area contributed by atoms with Crippen molar-refractivity contribution in [2.75, 3.05) is 6.54 Å². The molecule has 1 heterocycles. The first kappa shape index (κ1) is 15.2. The number of thiophene rings is 1. The van der Waals surface area contributed by atoms with Crippen LogP contribution in [0.2, 0.25) is 0 Å². The van der Waals surface area contributed by atoms with Crippen molar-refractivity contribution in [2.45, 2.75) is 24.8 Å². The SMILES string of the molecule is Cc1ccc(CO)cc1S(=O)(=O)NCCc1cccs1. The van der Waals surface area contributed by atoms with Crippen molar-refractivity contribution in [2.24, 2.45) is 0 Å². The zero-order chi connectivity index (χ0) is 14.6. The minimum atomic E-state index is -3.53. The van der Waals surface area contributed by atoms with Gasteiger partial charge in [0.1, 0.15) is 0 Å². The molecule has 108 valence electrons. The molecule has 6 heteroatoms. The Morgan fingerprint density at radius 2 is 2.10 bits per heavy atom. The normalized spacial score (nSPS) is 11.7. The van der Waals surface area contributed by atoms with E-state index >= 15 is 0 Å². The molecule has 0 bridgehead atoms. The minimum absolute atomic E-state index is 0.169. The Hall–Kier alpha value is -1.21. The Morgan fingerprint density at radius 1 is 1.30 bits per heavy atom. The van der Waals surface area contributed by atoms with Crippen LogP contribution in [0.25, 0.3) is 0 Å². The summed E-state index contributed by atoms with van der Waals surface area (Å²) in [5.74, 6) is 0. The molecule has 1 aromatic carbocycles. The first-order chi connectivity index (χ1) is 9.53. The fraction of sp³-hybridized carbons (Fsp3) is 0.286. The fourth-order valence-electron chi connectivity index (χ4n) is 1.87. The maximum absolute atomic E-state index is 12.3. The Kier molecular flexibility index (Phi) is 4.93. The summed E-state index contributed by atoms with van der Waals surface area (Å²) in [5, 5.41) is 11.1. The first-order valence-electron chi connectivity index (χ1n) is 6.25. The van der Waals surface area contributed by atoms with Gasteiger partial charge in [0.25, 0.3) is 0 Å². The van der Waals surface area contributed by atoms with E-state index in [1.807, 2.05) is 17.5 Å². The van der Waals surface area contributed by atoms with Gasteiger partial charge in [-0.25, -0.2) is 13.1 Å². The zero-order valence-corrected chi connectivity index (χ0v) is 12.8. The van der Waals surface area contributed by atoms with Gasteiger partial charge in [-0.2, -0.15) is 0 Å². The van der Waals surface area contributed by atoms with E-state index in [1.54, 1.807) is 30.4 Å². The number of hydrogen-bond donors (Lipinski definition) is 2. The van der Waals surface area contributed by atoms with Crippen molar-refractivity contribution in [3.05, 3.63) is 51.7 Å². The van der Waals surface area contributed by atoms with Crippen LogP contribution < -0.4 is 4.72 Å². The van der Waals surface area contributed by atoms with E-state index in [1.165, 1.54) is 6.07 Å². The number of aliphatic hydroxyl groups excluding tert-OH is 1. The number of hydrogen-bond acceptors (Lipinski definition) is 4. The summed E-state index contributed by atoms with van der Waals surface area (Å²) in [4.78, 5) is 1.38. The van der Waals surface area contributed by atoms with Crippen LogP contribution in [0.4, 0.5) is 0 Å². The Balaban J connectivity index is 2.09. The van der Waals surface area contributed by atoms with Crippen LogP contribution >= 0.6 is 11.3 Å². The van der Waals surface area contributed by atoms with Gasteiger partial charge >= 0.3 is 0 Å². The van der Waals surface area contributed by atoms with Gasteiger partial charge in [0, 0.05) is 11.4 Å². The van der Waals surface area contributed by atoms with Crippen molar-refractivity contribution in [3.8, 4) is 0 Å². The second-order valence-electron chi connectivity index (χ2n) is 4.49. The molecule has 0 radical (unpaired) electrons. The smallest absolute Gasteiger partial charge is 0.240 e. The second kappa shape index (κ2) is 6.49. The molecule has 0 spiro atoms. The van der Waals surface area contributed by atoms with Crippen LogP contribution in [0, 0.1) is 6.92 Å². The molecular formula is C14H17NO3S2. The highest BCUT2D eigenvalue weighted by molar-refractivity contribution is 7.89. The molecule has 0 saturated carbocycles. The van der Waals surface area contributed by atoms with E-state index in [0.29, 0.717) is 24.1 Å². The molecule has 0 atom stereocenters. The molecule has 0 aliphatic rings. The standard InChI is InChI=1S/C14H17NO3S2/c1-11-4-5-12(10-16)9-14(11)20(17,18)15-7-6-13-3-2-8-19-13/h2-5,8-9,15-16H,6-7,10H2,1H3. The predicted octanol–water partition coefficient (Wildman–Crippen LogP) is 2.07. The molecule has 0 amide bonds. The third-order valence-corrected chi connectivity index (χ3v) is 5.51. The van der Waals surface area contributed by atoms with E-state index < -0.39 is 10.0 Å². The molecule has 0 aliphatic carbocycles. The zero-order valence-electron chi connectivity index (χ0n) is 11.2. The highest BCUT2D eigenvalue weighted by Gasteiger charge is 2.16. The topological polar surface area (TPSA) is 66.4 Å². The highest BCUT2D eigenvalue weighted by atomic mass is 32.2. The van der Waals surface area contributed by atoms with Crippen LogP contribution in [0.5, 0.6) is 0 Å². The van der Waals surface area contributed by atoms with Crippen LogP contribution in [0.1, 0.15) is 16.0 Å². The highest BCUT2D eigenvalue weighted by Crippen LogP contribution is 2.17. The molecule has 2 rings (SSSR count).